The van der Waals surface area contributed by atoms with Crippen LogP contribution in [-0.4, -0.2) is 42.3 Å². The molecule has 0 unspecified atom stereocenters. The third kappa shape index (κ3) is 2.97. The third-order valence-corrected chi connectivity index (χ3v) is 2.56. The Bertz CT molecular complexity index is 303. The van der Waals surface area contributed by atoms with Crippen molar-refractivity contribution in [1.29, 1.82) is 5.53 Å². The molecule has 1 aliphatic rings. The molecule has 0 aliphatic carbocycles. The van der Waals surface area contributed by atoms with Crippen molar-refractivity contribution in [3.05, 3.63) is 0 Å². The number of rotatable bonds is 3. The Morgan fingerprint density at radius 1 is 1.62 bits per heavy atom. The van der Waals surface area contributed by atoms with Crippen LogP contribution in [0.25, 0.3) is 0 Å². The average molecular weight is 227 g/mol. The van der Waals surface area contributed by atoms with Crippen LogP contribution in [0.5, 0.6) is 0 Å². The normalized spacial score (nSPS) is 26.6. The fourth-order valence-electron chi connectivity index (χ4n) is 1.71. The van der Waals surface area contributed by atoms with E-state index in [0.717, 1.165) is 0 Å². The molecule has 1 fully saturated rings. The number of hydrogen-bond donors (Lipinski definition) is 4. The van der Waals surface area contributed by atoms with Gasteiger partial charge in [-0.2, -0.15) is 5.10 Å². The topological polar surface area (TPSA) is 119 Å². The number of hydrazine groups is 1. The lowest BCUT2D eigenvalue weighted by atomic mass is 10.2. The quantitative estimate of drug-likeness (QED) is 0.123. The van der Waals surface area contributed by atoms with Crippen molar-refractivity contribution in [1.82, 2.24) is 15.8 Å². The van der Waals surface area contributed by atoms with E-state index in [-0.39, 0.29) is 18.0 Å². The van der Waals surface area contributed by atoms with Crippen LogP contribution in [0.1, 0.15) is 13.3 Å². The van der Waals surface area contributed by atoms with Crippen molar-refractivity contribution < 1.29 is 4.79 Å². The molecule has 2 atom stereocenters. The number of amidine groups is 1. The first-order chi connectivity index (χ1) is 7.58. The molecule has 8 heteroatoms. The van der Waals surface area contributed by atoms with Crippen LogP contribution in [-0.2, 0) is 4.79 Å². The molecule has 0 saturated carbocycles. The molecule has 1 aliphatic heterocycles. The summed E-state index contributed by atoms with van der Waals surface area (Å²) in [6.45, 7) is 2.33. The molecule has 5 N–H and O–H groups in total. The monoisotopic (exact) mass is 227 g/mol. The first kappa shape index (κ1) is 12.5. The predicted molar refractivity (Wildman–Crippen MR) is 58.5 cm³/mol. The SMILES string of the molecule is C/C(N=N)=N/N[C@H]1C[C@@H](C(=O)NN)N(C)C1. The molecule has 16 heavy (non-hydrogen) atoms. The van der Waals surface area contributed by atoms with Gasteiger partial charge in [-0.1, -0.05) is 0 Å². The van der Waals surface area contributed by atoms with E-state index in [4.69, 9.17) is 11.4 Å². The molecule has 1 heterocycles. The Kier molecular flexibility index (Phi) is 4.32. The molecule has 8 nitrogen and oxygen atoms in total. The maximum absolute atomic E-state index is 11.4. The number of amides is 1. The van der Waals surface area contributed by atoms with Gasteiger partial charge in [0.05, 0.1) is 12.1 Å². The summed E-state index contributed by atoms with van der Waals surface area (Å²) >= 11 is 0. The lowest BCUT2D eigenvalue weighted by Gasteiger charge is -2.16. The second kappa shape index (κ2) is 5.52. The van der Waals surface area contributed by atoms with Crippen molar-refractivity contribution in [2.45, 2.75) is 25.4 Å². The minimum atomic E-state index is -0.231. The second-order valence-electron chi connectivity index (χ2n) is 3.80. The molecule has 90 valence electrons. The summed E-state index contributed by atoms with van der Waals surface area (Å²) in [6, 6.07) is -0.157. The molecule has 0 radical (unpaired) electrons. The Hall–Kier alpha value is -1.54. The van der Waals surface area contributed by atoms with Gasteiger partial charge < -0.3 is 5.43 Å². The number of carbonyl (C=O) groups excluding carboxylic acids is 1. The molecular weight excluding hydrogens is 210 g/mol. The summed E-state index contributed by atoms with van der Waals surface area (Å²) in [5.74, 6) is 5.25. The van der Waals surface area contributed by atoms with Crippen LogP contribution in [0.4, 0.5) is 0 Å². The van der Waals surface area contributed by atoms with E-state index in [9.17, 15) is 4.79 Å². The van der Waals surface area contributed by atoms with Gasteiger partial charge in [0.1, 0.15) is 0 Å². The van der Waals surface area contributed by atoms with Crippen LogP contribution < -0.4 is 16.7 Å². The predicted octanol–water partition coefficient (Wildman–Crippen LogP) is -0.997. The summed E-state index contributed by atoms with van der Waals surface area (Å²) in [5.41, 5.74) is 11.7. The lowest BCUT2D eigenvalue weighted by Crippen LogP contribution is -2.44. The van der Waals surface area contributed by atoms with E-state index in [2.05, 4.69) is 21.1 Å². The zero-order chi connectivity index (χ0) is 12.1. The van der Waals surface area contributed by atoms with Crippen molar-refractivity contribution in [2.75, 3.05) is 13.6 Å². The Morgan fingerprint density at radius 3 is 2.88 bits per heavy atom. The number of nitrogens with zero attached hydrogens (tertiary/aromatic N) is 3. The summed E-state index contributed by atoms with van der Waals surface area (Å²) in [7, 11) is 1.85. The van der Waals surface area contributed by atoms with Gasteiger partial charge in [0.25, 0.3) is 5.91 Å². The lowest BCUT2D eigenvalue weighted by molar-refractivity contribution is -0.125. The summed E-state index contributed by atoms with van der Waals surface area (Å²) in [4.78, 5) is 13.3. The minimum Gasteiger partial charge on any atom is -0.304 e. The molecule has 0 aromatic rings. The summed E-state index contributed by atoms with van der Waals surface area (Å²) in [5, 5.41) is 7.06. The number of carbonyl (C=O) groups is 1. The second-order valence-corrected chi connectivity index (χ2v) is 3.80. The van der Waals surface area contributed by atoms with E-state index in [1.54, 1.807) is 6.92 Å². The maximum atomic E-state index is 11.4. The Balaban J connectivity index is 2.50. The van der Waals surface area contributed by atoms with E-state index < -0.39 is 0 Å². The summed E-state index contributed by atoms with van der Waals surface area (Å²) < 4.78 is 0. The molecular formula is C8H17N7O. The zero-order valence-corrected chi connectivity index (χ0v) is 9.40. The van der Waals surface area contributed by atoms with Gasteiger partial charge in [-0.15, -0.1) is 5.11 Å². The standard InChI is InChI=1S/C8H17N7O/c1-5(11-9)13-14-6-3-7(8(16)12-10)15(2)4-6/h6-7,9,14H,3-4,10H2,1-2H3,(H,12,16)/b11-9?,13-5-/t6-,7-/m0/s1. The summed E-state index contributed by atoms with van der Waals surface area (Å²) in [6.07, 6.45) is 0.633. The highest BCUT2D eigenvalue weighted by molar-refractivity contribution is 5.81. The highest BCUT2D eigenvalue weighted by Gasteiger charge is 2.33. The molecule has 0 aromatic carbocycles. The average Bonchev–Trinajstić information content (AvgIpc) is 2.66. The molecule has 0 aromatic heterocycles. The van der Waals surface area contributed by atoms with Gasteiger partial charge >= 0.3 is 0 Å². The van der Waals surface area contributed by atoms with Crippen molar-refractivity contribution in [2.24, 2.45) is 16.1 Å². The van der Waals surface area contributed by atoms with Gasteiger partial charge in [-0.25, -0.2) is 11.4 Å². The molecule has 1 saturated heterocycles. The van der Waals surface area contributed by atoms with Crippen LogP contribution >= 0.6 is 0 Å². The smallest absolute Gasteiger partial charge is 0.251 e. The fraction of sp³-hybridized carbons (Fsp3) is 0.750. The van der Waals surface area contributed by atoms with Crippen LogP contribution in [0.3, 0.4) is 0 Å². The fourth-order valence-corrected chi connectivity index (χ4v) is 1.71. The molecule has 0 bridgehead atoms. The number of nitrogens with two attached hydrogens (primary N) is 1. The van der Waals surface area contributed by atoms with Crippen molar-refractivity contribution in [3.63, 3.8) is 0 Å². The highest BCUT2D eigenvalue weighted by atomic mass is 16.2. The van der Waals surface area contributed by atoms with Crippen LogP contribution in [0.2, 0.25) is 0 Å². The molecule has 1 amide bonds. The van der Waals surface area contributed by atoms with Gasteiger partial charge in [0.15, 0.2) is 5.84 Å². The maximum Gasteiger partial charge on any atom is 0.251 e. The number of hydrazone groups is 1. The van der Waals surface area contributed by atoms with Gasteiger partial charge in [-0.3, -0.25) is 15.1 Å². The van der Waals surface area contributed by atoms with Crippen molar-refractivity contribution in [3.8, 4) is 0 Å². The zero-order valence-electron chi connectivity index (χ0n) is 9.40. The molecule has 0 spiro atoms. The van der Waals surface area contributed by atoms with E-state index in [0.29, 0.717) is 18.8 Å². The minimum absolute atomic E-state index is 0.0731. The first-order valence-corrected chi connectivity index (χ1v) is 4.96. The van der Waals surface area contributed by atoms with Crippen molar-refractivity contribution >= 4 is 11.7 Å². The number of likely N-dealkylation sites (N-methyl/N-ethyl adjacent to an activating group) is 1. The van der Waals surface area contributed by atoms with E-state index in [1.165, 1.54) is 0 Å². The highest BCUT2D eigenvalue weighted by Crippen LogP contribution is 2.15. The van der Waals surface area contributed by atoms with Gasteiger partial charge in [-0.05, 0) is 20.4 Å². The van der Waals surface area contributed by atoms with Gasteiger partial charge in [0, 0.05) is 6.54 Å². The number of likely N-dealkylation sites (tertiary alicyclic amines) is 1. The Labute approximate surface area is 93.7 Å². The van der Waals surface area contributed by atoms with E-state index in [1.807, 2.05) is 11.9 Å². The first-order valence-electron chi connectivity index (χ1n) is 4.96. The third-order valence-electron chi connectivity index (χ3n) is 2.56. The number of nitrogens with one attached hydrogen (secondary N) is 3. The Morgan fingerprint density at radius 2 is 2.31 bits per heavy atom. The van der Waals surface area contributed by atoms with E-state index >= 15 is 0 Å². The van der Waals surface area contributed by atoms with Crippen LogP contribution in [0, 0.1) is 5.53 Å². The molecule has 1 rings (SSSR count). The van der Waals surface area contributed by atoms with Gasteiger partial charge in [0.2, 0.25) is 0 Å². The number of hydrogen-bond acceptors (Lipinski definition) is 6. The van der Waals surface area contributed by atoms with Crippen LogP contribution in [0.15, 0.2) is 10.2 Å². The largest absolute Gasteiger partial charge is 0.304 e.